The highest BCUT2D eigenvalue weighted by molar-refractivity contribution is 7.91. The van der Waals surface area contributed by atoms with Gasteiger partial charge in [0.2, 0.25) is 0 Å². The van der Waals surface area contributed by atoms with E-state index in [1.165, 1.54) is 12.1 Å². The van der Waals surface area contributed by atoms with Crippen molar-refractivity contribution in [3.8, 4) is 6.07 Å². The van der Waals surface area contributed by atoms with E-state index >= 15 is 0 Å². The zero-order valence-corrected chi connectivity index (χ0v) is 10.9. The molecule has 1 atom stereocenters. The van der Waals surface area contributed by atoms with Gasteiger partial charge in [-0.05, 0) is 43.0 Å². The molecule has 0 N–H and O–H groups in total. The second kappa shape index (κ2) is 4.36. The van der Waals surface area contributed by atoms with Crippen molar-refractivity contribution >= 4 is 9.84 Å². The van der Waals surface area contributed by atoms with Gasteiger partial charge in [-0.3, -0.25) is 0 Å². The van der Waals surface area contributed by atoms with Gasteiger partial charge in [-0.25, -0.2) is 12.8 Å². The van der Waals surface area contributed by atoms with E-state index in [0.29, 0.717) is 18.4 Å². The van der Waals surface area contributed by atoms with Crippen LogP contribution in [-0.2, 0) is 16.3 Å². The summed E-state index contributed by atoms with van der Waals surface area (Å²) in [5.41, 5.74) is 0.709. The summed E-state index contributed by atoms with van der Waals surface area (Å²) in [7, 11) is -3.13. The Morgan fingerprint density at radius 3 is 2.78 bits per heavy atom. The van der Waals surface area contributed by atoms with E-state index in [0.717, 1.165) is 5.56 Å². The lowest BCUT2D eigenvalue weighted by Gasteiger charge is -2.19. The highest BCUT2D eigenvalue weighted by atomic mass is 32.2. The summed E-state index contributed by atoms with van der Waals surface area (Å²) in [6.45, 7) is 1.84. The first-order valence-electron chi connectivity index (χ1n) is 5.73. The van der Waals surface area contributed by atoms with Gasteiger partial charge >= 0.3 is 0 Å². The van der Waals surface area contributed by atoms with Gasteiger partial charge in [-0.2, -0.15) is 5.26 Å². The number of benzene rings is 1. The average Bonchev–Trinajstić information content (AvgIpc) is 2.60. The van der Waals surface area contributed by atoms with Crippen molar-refractivity contribution in [2.75, 3.05) is 11.5 Å². The minimum absolute atomic E-state index is 0.0505. The Hall–Kier alpha value is -1.41. The van der Waals surface area contributed by atoms with Crippen molar-refractivity contribution in [1.29, 1.82) is 5.26 Å². The third-order valence-electron chi connectivity index (χ3n) is 3.47. The van der Waals surface area contributed by atoms with Crippen molar-refractivity contribution in [2.45, 2.75) is 19.8 Å². The van der Waals surface area contributed by atoms with E-state index in [-0.39, 0.29) is 17.3 Å². The lowest BCUT2D eigenvalue weighted by Crippen LogP contribution is -2.23. The van der Waals surface area contributed by atoms with Gasteiger partial charge in [0.15, 0.2) is 9.84 Å². The summed E-state index contributed by atoms with van der Waals surface area (Å²) in [5, 5.41) is 9.26. The maximum atomic E-state index is 13.2. The highest BCUT2D eigenvalue weighted by Gasteiger charge is 2.42. The summed E-state index contributed by atoms with van der Waals surface area (Å²) in [6.07, 6.45) is 0.633. The third kappa shape index (κ3) is 2.54. The second-order valence-corrected chi connectivity index (χ2v) is 7.17. The highest BCUT2D eigenvalue weighted by Crippen LogP contribution is 2.35. The Morgan fingerprint density at radius 2 is 2.22 bits per heavy atom. The molecule has 1 unspecified atom stereocenters. The molecule has 0 amide bonds. The number of nitrogens with zero attached hydrogens (tertiary/aromatic N) is 1. The molecule has 0 spiro atoms. The molecular weight excluding hydrogens is 253 g/mol. The van der Waals surface area contributed by atoms with Crippen LogP contribution < -0.4 is 0 Å². The molecule has 1 heterocycles. The Morgan fingerprint density at radius 1 is 1.50 bits per heavy atom. The van der Waals surface area contributed by atoms with Crippen LogP contribution in [0.1, 0.15) is 17.5 Å². The molecule has 1 aliphatic heterocycles. The molecule has 18 heavy (non-hydrogen) atoms. The van der Waals surface area contributed by atoms with E-state index in [1.54, 1.807) is 6.07 Å². The molecule has 2 rings (SSSR count). The quantitative estimate of drug-likeness (QED) is 0.823. The monoisotopic (exact) mass is 267 g/mol. The Balaban J connectivity index is 2.33. The fourth-order valence-electron chi connectivity index (χ4n) is 2.38. The van der Waals surface area contributed by atoms with Gasteiger partial charge in [0.05, 0.1) is 23.0 Å². The fraction of sp³-hybridized carbons (Fsp3) is 0.462. The first-order valence-corrected chi connectivity index (χ1v) is 7.55. The molecule has 5 heteroatoms. The topological polar surface area (TPSA) is 57.9 Å². The molecule has 0 aliphatic carbocycles. The third-order valence-corrected chi connectivity index (χ3v) is 5.28. The number of halogens is 1. The zero-order valence-electron chi connectivity index (χ0n) is 10.1. The predicted octanol–water partition coefficient (Wildman–Crippen LogP) is 2.01. The molecule has 0 saturated carbocycles. The molecule has 0 radical (unpaired) electrons. The van der Waals surface area contributed by atoms with Crippen molar-refractivity contribution in [3.05, 3.63) is 35.1 Å². The van der Waals surface area contributed by atoms with Gasteiger partial charge in [-0.1, -0.05) is 6.07 Å². The molecule has 1 aromatic carbocycles. The van der Waals surface area contributed by atoms with Crippen LogP contribution in [0.25, 0.3) is 0 Å². The van der Waals surface area contributed by atoms with Crippen molar-refractivity contribution in [3.63, 3.8) is 0 Å². The van der Waals surface area contributed by atoms with Crippen LogP contribution in [0.2, 0.25) is 0 Å². The molecule has 0 bridgehead atoms. The van der Waals surface area contributed by atoms with Gasteiger partial charge in [0.1, 0.15) is 5.82 Å². The van der Waals surface area contributed by atoms with E-state index < -0.39 is 15.3 Å². The van der Waals surface area contributed by atoms with Crippen LogP contribution in [0.15, 0.2) is 18.2 Å². The molecular formula is C13H14FNO2S. The first kappa shape index (κ1) is 13.0. The number of nitriles is 1. The second-order valence-electron chi connectivity index (χ2n) is 4.98. The van der Waals surface area contributed by atoms with Crippen LogP contribution in [0.4, 0.5) is 4.39 Å². The first-order chi connectivity index (χ1) is 8.36. The standard InChI is InChI=1S/C13H14FNO2S/c1-10-2-3-12(14)6-11(10)7-13(8-15)4-5-18(16,17)9-13/h2-3,6H,4-5,7,9H2,1H3. The molecule has 1 aliphatic rings. The summed E-state index contributed by atoms with van der Waals surface area (Å²) in [5.74, 6) is -0.425. The molecule has 1 saturated heterocycles. The number of hydrogen-bond donors (Lipinski definition) is 0. The van der Waals surface area contributed by atoms with Gasteiger partial charge in [0, 0.05) is 0 Å². The van der Waals surface area contributed by atoms with E-state index in [2.05, 4.69) is 6.07 Å². The number of sulfone groups is 1. The van der Waals surface area contributed by atoms with Gasteiger partial charge in [0.25, 0.3) is 0 Å². The lowest BCUT2D eigenvalue weighted by molar-refractivity contribution is 0.449. The number of aryl methyl sites for hydroxylation is 1. The molecule has 1 fully saturated rings. The molecule has 96 valence electrons. The van der Waals surface area contributed by atoms with Crippen LogP contribution in [-0.4, -0.2) is 19.9 Å². The maximum Gasteiger partial charge on any atom is 0.151 e. The summed E-state index contributed by atoms with van der Waals surface area (Å²) in [4.78, 5) is 0. The van der Waals surface area contributed by atoms with E-state index in [4.69, 9.17) is 0 Å². The molecule has 3 nitrogen and oxygen atoms in total. The normalized spacial score (nSPS) is 25.8. The average molecular weight is 267 g/mol. The van der Waals surface area contributed by atoms with Crippen LogP contribution in [0, 0.1) is 29.5 Å². The fourth-order valence-corrected chi connectivity index (χ4v) is 4.38. The smallest absolute Gasteiger partial charge is 0.151 e. The largest absolute Gasteiger partial charge is 0.229 e. The van der Waals surface area contributed by atoms with Crippen molar-refractivity contribution in [2.24, 2.45) is 5.41 Å². The van der Waals surface area contributed by atoms with Crippen LogP contribution >= 0.6 is 0 Å². The summed E-state index contributed by atoms with van der Waals surface area (Å²) < 4.78 is 36.2. The van der Waals surface area contributed by atoms with Gasteiger partial charge in [-0.15, -0.1) is 0 Å². The Bertz CT molecular complexity index is 618. The zero-order chi connectivity index (χ0) is 13.4. The minimum atomic E-state index is -3.13. The predicted molar refractivity (Wildman–Crippen MR) is 66.2 cm³/mol. The van der Waals surface area contributed by atoms with Crippen LogP contribution in [0.5, 0.6) is 0 Å². The Labute approximate surface area is 106 Å². The summed E-state index contributed by atoms with van der Waals surface area (Å²) in [6, 6.07) is 6.53. The SMILES string of the molecule is Cc1ccc(F)cc1CC1(C#N)CCS(=O)(=O)C1. The number of hydrogen-bond acceptors (Lipinski definition) is 3. The van der Waals surface area contributed by atoms with Crippen LogP contribution in [0.3, 0.4) is 0 Å². The minimum Gasteiger partial charge on any atom is -0.229 e. The van der Waals surface area contributed by atoms with E-state index in [1.807, 2.05) is 6.92 Å². The van der Waals surface area contributed by atoms with Crippen molar-refractivity contribution < 1.29 is 12.8 Å². The van der Waals surface area contributed by atoms with Gasteiger partial charge < -0.3 is 0 Å². The lowest BCUT2D eigenvalue weighted by atomic mass is 9.81. The Kier molecular flexibility index (Phi) is 3.16. The maximum absolute atomic E-state index is 13.2. The van der Waals surface area contributed by atoms with Crippen molar-refractivity contribution in [1.82, 2.24) is 0 Å². The number of rotatable bonds is 2. The molecule has 1 aromatic rings. The molecule has 0 aromatic heterocycles. The summed E-state index contributed by atoms with van der Waals surface area (Å²) >= 11 is 0. The van der Waals surface area contributed by atoms with E-state index in [9.17, 15) is 18.1 Å².